The zero-order valence-electron chi connectivity index (χ0n) is 13.1. The van der Waals surface area contributed by atoms with Gasteiger partial charge < -0.3 is 31.4 Å². The first-order valence-electron chi connectivity index (χ1n) is 6.55. The first kappa shape index (κ1) is 27.9. The largest absolute Gasteiger partial charge is 2.00 e. The molecular weight excluding hydrogens is 430 g/mol. The van der Waals surface area contributed by atoms with Crippen molar-refractivity contribution in [3.63, 3.8) is 0 Å². The Bertz CT molecular complexity index is 651. The minimum absolute atomic E-state index is 0. The van der Waals surface area contributed by atoms with Crippen LogP contribution in [0.25, 0.3) is 21.5 Å². The van der Waals surface area contributed by atoms with Gasteiger partial charge in [-0.05, 0) is 0 Å². The van der Waals surface area contributed by atoms with E-state index in [0.29, 0.717) is 0 Å². The van der Waals surface area contributed by atoms with E-state index in [0.717, 1.165) is 0 Å². The van der Waals surface area contributed by atoms with Crippen LogP contribution in [0.5, 0.6) is 0 Å². The van der Waals surface area contributed by atoms with Crippen LogP contribution in [-0.2, 0) is 26.2 Å². The van der Waals surface area contributed by atoms with Gasteiger partial charge in [-0.25, -0.2) is 0 Å². The Morgan fingerprint density at radius 3 is 1.29 bits per heavy atom. The average molecular weight is 448 g/mol. The summed E-state index contributed by atoms with van der Waals surface area (Å²) in [5, 5.41) is 5.32. The van der Waals surface area contributed by atoms with Gasteiger partial charge in [0.05, 0.1) is 0 Å². The third kappa shape index (κ3) is 7.77. The van der Waals surface area contributed by atoms with Crippen LogP contribution in [0.15, 0.2) is 91.5 Å². The summed E-state index contributed by atoms with van der Waals surface area (Å²) in [5.41, 5.74) is 0. The Morgan fingerprint density at radius 2 is 0.958 bits per heavy atom. The molecule has 0 bridgehead atoms. The molecule has 0 aromatic heterocycles. The number of rotatable bonds is 0. The van der Waals surface area contributed by atoms with Crippen LogP contribution >= 0.6 is 0 Å². The van der Waals surface area contributed by atoms with Gasteiger partial charge in [-0.2, -0.15) is 35.0 Å². The molecule has 24 heavy (non-hydrogen) atoms. The molecule has 0 aliphatic rings. The van der Waals surface area contributed by atoms with Crippen molar-refractivity contribution in [2.75, 3.05) is 0 Å². The molecule has 0 fully saturated rings. The van der Waals surface area contributed by atoms with E-state index in [2.05, 4.69) is 98.1 Å². The van der Waals surface area contributed by atoms with Crippen molar-refractivity contribution in [1.29, 1.82) is 0 Å². The molecule has 0 heterocycles. The van der Waals surface area contributed by atoms with Gasteiger partial charge in [-0.15, -0.1) is 59.3 Å². The maximum atomic E-state index is 4.25. The van der Waals surface area contributed by atoms with Crippen molar-refractivity contribution < 1.29 is 51.0 Å². The number of hydrogen-bond acceptors (Lipinski definition) is 0. The summed E-state index contributed by atoms with van der Waals surface area (Å²) in [6.45, 7) is 7.00. The van der Waals surface area contributed by atoms with E-state index in [4.69, 9.17) is 0 Å². The number of hydrogen-bond donors (Lipinski definition) is 0. The van der Waals surface area contributed by atoms with Crippen LogP contribution in [-0.4, -0.2) is 11.0 Å². The average Bonchev–Trinajstić information content (AvgIpc) is 3.18. The minimum atomic E-state index is 0. The molecule has 0 atom stereocenters. The van der Waals surface area contributed by atoms with Gasteiger partial charge in [-0.3, -0.25) is 6.58 Å². The summed E-state index contributed by atoms with van der Waals surface area (Å²) < 4.78 is 0. The normalized spacial score (nSPS) is 7.83. The summed E-state index contributed by atoms with van der Waals surface area (Å²) in [5.74, 6) is 0. The second-order valence-electron chi connectivity index (χ2n) is 4.31. The van der Waals surface area contributed by atoms with E-state index in [-0.39, 0.29) is 62.0 Å². The van der Waals surface area contributed by atoms with Gasteiger partial charge >= 0.3 is 26.2 Å². The molecule has 4 radical (unpaired) electrons. The third-order valence-electron chi connectivity index (χ3n) is 3.10. The summed E-state index contributed by atoms with van der Waals surface area (Å²) >= 11 is 0. The van der Waals surface area contributed by atoms with Crippen molar-refractivity contribution in [3.8, 4) is 0 Å². The van der Waals surface area contributed by atoms with E-state index in [1.54, 1.807) is 0 Å². The molecule has 4 aromatic rings. The number of fused-ring (bicyclic) bond motifs is 2. The van der Waals surface area contributed by atoms with E-state index in [1.807, 2.05) is 0 Å². The molecule has 0 aliphatic carbocycles. The summed E-state index contributed by atoms with van der Waals surface area (Å²) in [4.78, 5) is 0. The molecule has 0 amide bonds. The van der Waals surface area contributed by atoms with E-state index >= 15 is 0 Å². The molecule has 4 rings (SSSR count). The second-order valence-corrected chi connectivity index (χ2v) is 4.31. The van der Waals surface area contributed by atoms with E-state index in [9.17, 15) is 0 Å². The van der Waals surface area contributed by atoms with Crippen molar-refractivity contribution >= 4 is 32.5 Å². The molecule has 4 aromatic carbocycles. The fraction of sp³-hybridized carbons (Fsp3) is 0. The molecule has 0 N–H and O–H groups in total. The van der Waals surface area contributed by atoms with Gasteiger partial charge in [0.15, 0.2) is 0 Å². The first-order chi connectivity index (χ1) is 9.93. The molecule has 0 nitrogen and oxygen atoms in total. The van der Waals surface area contributed by atoms with Crippen molar-refractivity contribution in [3.05, 3.63) is 98.1 Å². The predicted molar refractivity (Wildman–Crippen MR) is 94.8 cm³/mol. The quantitative estimate of drug-likeness (QED) is 0.248. The van der Waals surface area contributed by atoms with Crippen LogP contribution in [0.2, 0.25) is 0 Å². The van der Waals surface area contributed by atoms with Gasteiger partial charge in [0.25, 0.3) is 0 Å². The van der Waals surface area contributed by atoms with Crippen LogP contribution in [0.1, 0.15) is 0 Å². The maximum Gasteiger partial charge on any atom is 2.00 e. The van der Waals surface area contributed by atoms with Crippen molar-refractivity contribution in [2.45, 2.75) is 0 Å². The molecule has 0 spiro atoms. The fourth-order valence-electron chi connectivity index (χ4n) is 2.14. The number of benzene rings is 2. The molecule has 0 saturated heterocycles. The monoisotopic (exact) mass is 445 g/mol. The third-order valence-corrected chi connectivity index (χ3v) is 3.10. The zero-order valence-corrected chi connectivity index (χ0v) is 18.1. The SMILES string of the molecule is [CH-]=C.[Cl-].[Cl-].[Si].[Zr+2].c1ccc2[cH-]ccc2c1.c1ccc2[cH-]ccc2c1. The predicted octanol–water partition coefficient (Wildman–Crippen LogP) is -0.653. The Morgan fingerprint density at radius 1 is 0.625 bits per heavy atom. The minimum Gasteiger partial charge on any atom is -1.00 e. The first-order valence-corrected chi connectivity index (χ1v) is 6.55. The van der Waals surface area contributed by atoms with Crippen LogP contribution in [0.3, 0.4) is 0 Å². The van der Waals surface area contributed by atoms with Crippen LogP contribution in [0.4, 0.5) is 0 Å². The molecular formula is C20H17Cl2SiZr-3. The van der Waals surface area contributed by atoms with E-state index < -0.39 is 0 Å². The summed E-state index contributed by atoms with van der Waals surface area (Å²) in [6.07, 6.45) is 0. The fourth-order valence-corrected chi connectivity index (χ4v) is 2.14. The van der Waals surface area contributed by atoms with Gasteiger partial charge in [0, 0.05) is 11.0 Å². The smallest absolute Gasteiger partial charge is 1.00 e. The molecule has 0 aliphatic heterocycles. The molecule has 4 heteroatoms. The summed E-state index contributed by atoms with van der Waals surface area (Å²) in [6, 6.07) is 29.3. The van der Waals surface area contributed by atoms with E-state index in [1.165, 1.54) is 21.5 Å². The van der Waals surface area contributed by atoms with Gasteiger partial charge in [0.2, 0.25) is 0 Å². The Kier molecular flexibility index (Phi) is 18.1. The van der Waals surface area contributed by atoms with Crippen molar-refractivity contribution in [2.24, 2.45) is 0 Å². The molecule has 0 unspecified atom stereocenters. The Hall–Kier alpha value is -0.920. The molecule has 0 saturated carbocycles. The van der Waals surface area contributed by atoms with Gasteiger partial charge in [-0.1, -0.05) is 12.1 Å². The standard InChI is InChI=1S/2C9H7.C2H3.2ClH.Si.Zr/c2*1-2-5-9-7-3-6-8(9)4-1;1-2;;;;/h2*1-7H;1H,2H2;2*1H;;/q3*-1;;;;+2/p-2. The zero-order chi connectivity index (χ0) is 14.2. The second kappa shape index (κ2) is 15.6. The Balaban J connectivity index is -0.000000290. The topological polar surface area (TPSA) is 0 Å². The maximum absolute atomic E-state index is 4.25. The van der Waals surface area contributed by atoms with Crippen LogP contribution < -0.4 is 24.8 Å². The number of halogens is 2. The van der Waals surface area contributed by atoms with Crippen LogP contribution in [0, 0.1) is 6.58 Å². The summed E-state index contributed by atoms with van der Waals surface area (Å²) in [7, 11) is 0. The van der Waals surface area contributed by atoms with Crippen molar-refractivity contribution in [1.82, 2.24) is 0 Å². The molecule has 122 valence electrons. The van der Waals surface area contributed by atoms with Gasteiger partial charge in [0.1, 0.15) is 0 Å². The Labute approximate surface area is 180 Å².